The molecular formula is C29H26Cl2F2N3O5+. The van der Waals surface area contributed by atoms with Gasteiger partial charge in [0.1, 0.15) is 29.5 Å². The summed E-state index contributed by atoms with van der Waals surface area (Å²) in [5.41, 5.74) is 4.63. The van der Waals surface area contributed by atoms with Crippen molar-refractivity contribution in [2.24, 2.45) is 5.92 Å². The molecule has 2 aliphatic rings. The van der Waals surface area contributed by atoms with Crippen LogP contribution in [-0.2, 0) is 10.4 Å². The van der Waals surface area contributed by atoms with Crippen molar-refractivity contribution >= 4 is 46.5 Å². The van der Waals surface area contributed by atoms with E-state index in [0.717, 1.165) is 37.2 Å². The van der Waals surface area contributed by atoms with Crippen molar-refractivity contribution < 1.29 is 39.1 Å². The molecule has 1 aliphatic heterocycles. The number of rotatable bonds is 9. The van der Waals surface area contributed by atoms with Crippen LogP contribution in [0.25, 0.3) is 5.70 Å². The van der Waals surface area contributed by atoms with Gasteiger partial charge in [0.15, 0.2) is 17.4 Å². The number of aryl methyl sites for hydroxylation is 1. The molecule has 2 fully saturated rings. The van der Waals surface area contributed by atoms with Crippen molar-refractivity contribution in [3.05, 3.63) is 92.1 Å². The Morgan fingerprint density at radius 3 is 2.37 bits per heavy atom. The normalized spacial score (nSPS) is 16.6. The zero-order valence-corrected chi connectivity index (χ0v) is 23.4. The number of hydrogen-bond acceptors (Lipinski definition) is 6. The number of aromatic carboxylic acids is 1. The monoisotopic (exact) mass is 604 g/mol. The molecule has 5 rings (SSSR count). The van der Waals surface area contributed by atoms with Crippen molar-refractivity contribution in [1.29, 1.82) is 0 Å². The molecular weight excluding hydrogens is 579 g/mol. The van der Waals surface area contributed by atoms with Gasteiger partial charge in [0.25, 0.3) is 0 Å². The number of β-amino-alcohol motifs (C(OH)–C–C–N with tert-alkyl or cyclic N) is 1. The van der Waals surface area contributed by atoms with Crippen LogP contribution in [0.15, 0.2) is 48.2 Å². The van der Waals surface area contributed by atoms with E-state index >= 15 is 0 Å². The van der Waals surface area contributed by atoms with Crippen molar-refractivity contribution in [3.63, 3.8) is 0 Å². The molecule has 1 saturated carbocycles. The van der Waals surface area contributed by atoms with Crippen molar-refractivity contribution in [2.75, 3.05) is 24.6 Å². The van der Waals surface area contributed by atoms with Crippen LogP contribution in [0.2, 0.25) is 10.0 Å². The largest absolute Gasteiger partial charge is 0.489 e. The lowest BCUT2D eigenvalue weighted by molar-refractivity contribution is -0.245. The van der Waals surface area contributed by atoms with Crippen LogP contribution in [0, 0.1) is 24.5 Å². The van der Waals surface area contributed by atoms with Gasteiger partial charge in [-0.05, 0) is 61.2 Å². The average Bonchev–Trinajstić information content (AvgIpc) is 3.72. The van der Waals surface area contributed by atoms with Crippen LogP contribution in [0.5, 0.6) is 5.75 Å². The number of carbonyl (C=O) groups is 2. The quantitative estimate of drug-likeness (QED) is 0.309. The van der Waals surface area contributed by atoms with E-state index in [1.54, 1.807) is 25.1 Å². The zero-order valence-electron chi connectivity index (χ0n) is 21.9. The first-order chi connectivity index (χ1) is 19.4. The maximum absolute atomic E-state index is 14.4. The number of benzene rings is 2. The van der Waals surface area contributed by atoms with Gasteiger partial charge in [-0.2, -0.15) is 0 Å². The van der Waals surface area contributed by atoms with Gasteiger partial charge < -0.3 is 25.6 Å². The Balaban J connectivity index is 1.33. The number of hydrogen-bond donors (Lipinski definition) is 3. The summed E-state index contributed by atoms with van der Waals surface area (Å²) in [5, 5.41) is 20.3. The topological polar surface area (TPSA) is 128 Å². The van der Waals surface area contributed by atoms with E-state index in [1.165, 1.54) is 4.90 Å². The minimum absolute atomic E-state index is 0.0389. The van der Waals surface area contributed by atoms with Gasteiger partial charge in [-0.25, -0.2) is 18.6 Å². The molecule has 1 aliphatic carbocycles. The summed E-state index contributed by atoms with van der Waals surface area (Å²) in [6.07, 6.45) is 2.58. The predicted molar refractivity (Wildman–Crippen MR) is 148 cm³/mol. The molecule has 41 heavy (non-hydrogen) atoms. The van der Waals surface area contributed by atoms with Crippen LogP contribution in [0.1, 0.15) is 39.9 Å². The lowest BCUT2D eigenvalue weighted by Gasteiger charge is -2.48. The second-order valence-electron chi connectivity index (χ2n) is 10.3. The van der Waals surface area contributed by atoms with E-state index in [9.17, 15) is 23.5 Å². The Labute approximate surface area is 244 Å². The Kier molecular flexibility index (Phi) is 7.78. The fourth-order valence-corrected chi connectivity index (χ4v) is 5.66. The van der Waals surface area contributed by atoms with Crippen LogP contribution in [0.3, 0.4) is 0 Å². The molecule has 0 amide bonds. The molecule has 2 heterocycles. The number of carbonyl (C=O) groups excluding carboxylic acids is 1. The SMILES string of the molecule is Cc1cc(OCC(C(=O)C2CC2)=C([NH3+])c2c(Cl)cc(F)cc2Cl)ccc1C1(O)CN(c2ncc(C(=O)O)cc2F)C1. The number of quaternary nitrogens is 1. The standard InChI is InChI=1S/C29H25Cl2F2N3O5/c1-14-6-18(4-5-20(14)29(40)12-36(13-29)27-23(33)7-16(10-35-27)28(38)39)41-11-19(26(37)15-2-3-15)25(34)24-21(30)8-17(32)9-22(24)31/h4-10,15,40H,2-3,11-13,34H2,1H3,(H,38,39)/p+1. The summed E-state index contributed by atoms with van der Waals surface area (Å²) >= 11 is 12.5. The Hall–Kier alpha value is -3.57. The summed E-state index contributed by atoms with van der Waals surface area (Å²) in [5.74, 6) is -2.54. The first-order valence-corrected chi connectivity index (χ1v) is 13.5. The summed E-state index contributed by atoms with van der Waals surface area (Å²) < 4.78 is 34.1. The number of carboxylic acid groups (broad SMARTS) is 1. The molecule has 8 nitrogen and oxygen atoms in total. The van der Waals surface area contributed by atoms with Gasteiger partial charge in [-0.1, -0.05) is 29.3 Å². The zero-order chi connectivity index (χ0) is 29.6. The number of aliphatic hydroxyl groups is 1. The molecule has 214 valence electrons. The average molecular weight is 605 g/mol. The number of carboxylic acids is 1. The molecule has 0 bridgehead atoms. The van der Waals surface area contributed by atoms with Gasteiger partial charge in [0.2, 0.25) is 0 Å². The van der Waals surface area contributed by atoms with Crippen LogP contribution in [-0.4, -0.2) is 46.6 Å². The second-order valence-corrected chi connectivity index (χ2v) is 11.1. The Bertz CT molecular complexity index is 1580. The molecule has 2 aromatic carbocycles. The molecule has 3 aromatic rings. The first kappa shape index (κ1) is 28.9. The van der Waals surface area contributed by atoms with Crippen LogP contribution >= 0.6 is 23.2 Å². The highest BCUT2D eigenvalue weighted by Gasteiger charge is 2.45. The van der Waals surface area contributed by atoms with Crippen molar-refractivity contribution in [2.45, 2.75) is 25.4 Å². The summed E-state index contributed by atoms with van der Waals surface area (Å²) in [7, 11) is 0. The molecule has 1 aromatic heterocycles. The smallest absolute Gasteiger partial charge is 0.337 e. The highest BCUT2D eigenvalue weighted by molar-refractivity contribution is 6.37. The number of Topliss-reactive ketones (excluding diaryl/α,β-unsaturated/α-hetero) is 1. The highest BCUT2D eigenvalue weighted by atomic mass is 35.5. The number of anilines is 1. The van der Waals surface area contributed by atoms with E-state index < -0.39 is 23.2 Å². The van der Waals surface area contributed by atoms with E-state index in [1.807, 2.05) is 0 Å². The third kappa shape index (κ3) is 5.78. The highest BCUT2D eigenvalue weighted by Crippen LogP contribution is 2.39. The summed E-state index contributed by atoms with van der Waals surface area (Å²) in [6.45, 7) is 1.78. The third-order valence-electron chi connectivity index (χ3n) is 7.27. The molecule has 0 spiro atoms. The number of halogens is 4. The molecule has 12 heteroatoms. The van der Waals surface area contributed by atoms with Crippen LogP contribution in [0.4, 0.5) is 14.6 Å². The minimum atomic E-state index is -1.29. The Morgan fingerprint density at radius 2 is 1.80 bits per heavy atom. The number of nitrogens with zero attached hydrogens (tertiary/aromatic N) is 2. The van der Waals surface area contributed by atoms with E-state index in [2.05, 4.69) is 10.7 Å². The molecule has 0 unspecified atom stereocenters. The van der Waals surface area contributed by atoms with Gasteiger partial charge in [0, 0.05) is 12.1 Å². The first-order valence-electron chi connectivity index (χ1n) is 12.7. The lowest BCUT2D eigenvalue weighted by atomic mass is 9.83. The van der Waals surface area contributed by atoms with Gasteiger partial charge in [-0.3, -0.25) is 4.79 Å². The van der Waals surface area contributed by atoms with Gasteiger partial charge in [-0.15, -0.1) is 0 Å². The Morgan fingerprint density at radius 1 is 1.15 bits per heavy atom. The predicted octanol–water partition coefficient (Wildman–Crippen LogP) is 4.39. The number of pyridine rings is 1. The summed E-state index contributed by atoms with van der Waals surface area (Å²) in [4.78, 5) is 29.6. The van der Waals surface area contributed by atoms with Crippen molar-refractivity contribution in [3.8, 4) is 5.75 Å². The van der Waals surface area contributed by atoms with Gasteiger partial charge >= 0.3 is 5.97 Å². The third-order valence-corrected chi connectivity index (χ3v) is 7.87. The fourth-order valence-electron chi connectivity index (χ4n) is 4.97. The maximum Gasteiger partial charge on any atom is 0.337 e. The second kappa shape index (κ2) is 11.0. The van der Waals surface area contributed by atoms with Gasteiger partial charge in [0.05, 0.1) is 39.8 Å². The lowest BCUT2D eigenvalue weighted by Crippen LogP contribution is -2.60. The molecule has 0 radical (unpaired) electrons. The fraction of sp³-hybridized carbons (Fsp3) is 0.276. The number of ketones is 1. The van der Waals surface area contributed by atoms with E-state index in [0.29, 0.717) is 22.4 Å². The van der Waals surface area contributed by atoms with Crippen molar-refractivity contribution in [1.82, 2.24) is 4.98 Å². The van der Waals surface area contributed by atoms with E-state index in [-0.39, 0.29) is 64.1 Å². The van der Waals surface area contributed by atoms with E-state index in [4.69, 9.17) is 33.0 Å². The number of aromatic nitrogens is 1. The molecule has 1 saturated heterocycles. The number of ether oxygens (including phenoxy) is 1. The maximum atomic E-state index is 14.4. The van der Waals surface area contributed by atoms with Crippen LogP contribution < -0.4 is 15.4 Å². The summed E-state index contributed by atoms with van der Waals surface area (Å²) in [6, 6.07) is 8.19. The molecule has 5 N–H and O–H groups in total. The minimum Gasteiger partial charge on any atom is -0.489 e. The molecule has 0 atom stereocenters.